The molecule has 0 saturated heterocycles. The van der Waals surface area contributed by atoms with Gasteiger partial charge in [0.2, 0.25) is 5.91 Å². The summed E-state index contributed by atoms with van der Waals surface area (Å²) in [6.07, 6.45) is -4.78. The molecule has 0 heterocycles. The molecule has 0 aliphatic rings. The van der Waals surface area contributed by atoms with Gasteiger partial charge in [0.15, 0.2) is 0 Å². The van der Waals surface area contributed by atoms with Crippen LogP contribution in [0.5, 0.6) is 0 Å². The number of nitrogens with zero attached hydrogens (tertiary/aromatic N) is 1. The number of carbonyl (C=O) groups is 1. The van der Waals surface area contributed by atoms with E-state index < -0.39 is 28.8 Å². The number of alkyl halides is 3. The van der Waals surface area contributed by atoms with E-state index in [0.717, 1.165) is 6.07 Å². The van der Waals surface area contributed by atoms with Gasteiger partial charge >= 0.3 is 6.18 Å². The van der Waals surface area contributed by atoms with E-state index >= 15 is 0 Å². The van der Waals surface area contributed by atoms with Crippen LogP contribution in [0.3, 0.4) is 0 Å². The quantitative estimate of drug-likeness (QED) is 0.797. The standard InChI is InChI=1S/C9H4F3IN2O/c10-9(11,12)7-4(3-14)1-2-5(13)6(7)8(15)16/h1-2H,(H2,15,16). The van der Waals surface area contributed by atoms with Crippen LogP contribution in [0.25, 0.3) is 0 Å². The molecule has 0 aliphatic heterocycles. The molecule has 1 amide bonds. The van der Waals surface area contributed by atoms with Gasteiger partial charge in [-0.25, -0.2) is 0 Å². The summed E-state index contributed by atoms with van der Waals surface area (Å²) in [6.45, 7) is 0. The van der Waals surface area contributed by atoms with Crippen LogP contribution in [-0.4, -0.2) is 5.91 Å². The van der Waals surface area contributed by atoms with Crippen molar-refractivity contribution in [2.45, 2.75) is 6.18 Å². The highest BCUT2D eigenvalue weighted by molar-refractivity contribution is 14.1. The molecule has 84 valence electrons. The van der Waals surface area contributed by atoms with Gasteiger partial charge in [0.25, 0.3) is 0 Å². The Morgan fingerprint density at radius 3 is 2.38 bits per heavy atom. The first-order valence-corrected chi connectivity index (χ1v) is 4.96. The molecule has 16 heavy (non-hydrogen) atoms. The molecule has 0 bridgehead atoms. The molecule has 3 nitrogen and oxygen atoms in total. The van der Waals surface area contributed by atoms with Gasteiger partial charge in [0.05, 0.1) is 22.8 Å². The fourth-order valence-corrected chi connectivity index (χ4v) is 1.92. The first kappa shape index (κ1) is 12.8. The number of benzene rings is 1. The molecule has 0 aromatic heterocycles. The van der Waals surface area contributed by atoms with E-state index in [4.69, 9.17) is 11.0 Å². The SMILES string of the molecule is N#Cc1ccc(I)c(C(N)=O)c1C(F)(F)F. The molecular formula is C9H4F3IN2O. The smallest absolute Gasteiger partial charge is 0.366 e. The Balaban J connectivity index is 3.71. The maximum Gasteiger partial charge on any atom is 0.418 e. The summed E-state index contributed by atoms with van der Waals surface area (Å²) in [7, 11) is 0. The molecule has 0 radical (unpaired) electrons. The predicted octanol–water partition coefficient (Wildman–Crippen LogP) is 2.28. The Hall–Kier alpha value is -1.30. The summed E-state index contributed by atoms with van der Waals surface area (Å²) >= 11 is 1.56. The summed E-state index contributed by atoms with van der Waals surface area (Å²) in [5, 5.41) is 8.57. The maximum atomic E-state index is 12.7. The zero-order valence-corrected chi connectivity index (χ0v) is 9.76. The van der Waals surface area contributed by atoms with Gasteiger partial charge in [-0.3, -0.25) is 4.79 Å². The van der Waals surface area contributed by atoms with Gasteiger partial charge in [-0.05, 0) is 34.7 Å². The summed E-state index contributed by atoms with van der Waals surface area (Å²) in [5.74, 6) is -1.20. The fraction of sp³-hybridized carbons (Fsp3) is 0.111. The average Bonchev–Trinajstić information content (AvgIpc) is 2.15. The topological polar surface area (TPSA) is 66.9 Å². The van der Waals surface area contributed by atoms with Crippen LogP contribution in [0.2, 0.25) is 0 Å². The third kappa shape index (κ3) is 2.27. The number of halogens is 4. The highest BCUT2D eigenvalue weighted by atomic mass is 127. The van der Waals surface area contributed by atoms with E-state index in [1.807, 2.05) is 0 Å². The largest absolute Gasteiger partial charge is 0.418 e. The molecule has 0 atom stereocenters. The van der Waals surface area contributed by atoms with Crippen LogP contribution in [0.1, 0.15) is 21.5 Å². The minimum absolute atomic E-state index is 0.0661. The van der Waals surface area contributed by atoms with Crippen LogP contribution < -0.4 is 5.73 Å². The third-order valence-corrected chi connectivity index (χ3v) is 2.70. The average molecular weight is 340 g/mol. The van der Waals surface area contributed by atoms with Crippen molar-refractivity contribution < 1.29 is 18.0 Å². The number of primary amides is 1. The predicted molar refractivity (Wildman–Crippen MR) is 57.4 cm³/mol. The van der Waals surface area contributed by atoms with Crippen molar-refractivity contribution >= 4 is 28.5 Å². The van der Waals surface area contributed by atoms with Crippen molar-refractivity contribution in [3.05, 3.63) is 32.4 Å². The van der Waals surface area contributed by atoms with Crippen LogP contribution in [0.4, 0.5) is 13.2 Å². The second kappa shape index (κ2) is 4.29. The summed E-state index contributed by atoms with van der Waals surface area (Å²) < 4.78 is 38.1. The van der Waals surface area contributed by atoms with E-state index in [9.17, 15) is 18.0 Å². The van der Waals surface area contributed by atoms with Crippen LogP contribution in [0.15, 0.2) is 12.1 Å². The third-order valence-electron chi connectivity index (χ3n) is 1.80. The van der Waals surface area contributed by atoms with Gasteiger partial charge in [-0.1, -0.05) is 0 Å². The Labute approximate surface area is 102 Å². The number of amides is 1. The Bertz CT molecular complexity index is 491. The second-order valence-electron chi connectivity index (χ2n) is 2.82. The van der Waals surface area contributed by atoms with Crippen LogP contribution in [0, 0.1) is 14.9 Å². The molecule has 0 fully saturated rings. The summed E-state index contributed by atoms with van der Waals surface area (Å²) in [6, 6.07) is 3.65. The fourth-order valence-electron chi connectivity index (χ4n) is 1.21. The molecule has 0 aliphatic carbocycles. The molecule has 0 unspecified atom stereocenters. The van der Waals surface area contributed by atoms with E-state index in [1.54, 1.807) is 22.6 Å². The first-order chi connectivity index (χ1) is 7.29. The molecule has 0 spiro atoms. The lowest BCUT2D eigenvalue weighted by molar-refractivity contribution is -0.138. The van der Waals surface area contributed by atoms with Crippen molar-refractivity contribution in [3.63, 3.8) is 0 Å². The number of nitrogens with two attached hydrogens (primary N) is 1. The zero-order valence-electron chi connectivity index (χ0n) is 7.60. The Kier molecular flexibility index (Phi) is 3.42. The molecule has 1 aromatic carbocycles. The number of hydrogen-bond donors (Lipinski definition) is 1. The second-order valence-corrected chi connectivity index (χ2v) is 3.98. The molecule has 7 heteroatoms. The van der Waals surface area contributed by atoms with E-state index in [1.165, 1.54) is 12.1 Å². The lowest BCUT2D eigenvalue weighted by Crippen LogP contribution is -2.21. The molecule has 2 N–H and O–H groups in total. The molecular weight excluding hydrogens is 336 g/mol. The van der Waals surface area contributed by atoms with Gasteiger partial charge < -0.3 is 5.73 Å². The van der Waals surface area contributed by atoms with Crippen molar-refractivity contribution in [2.75, 3.05) is 0 Å². The highest BCUT2D eigenvalue weighted by Crippen LogP contribution is 2.36. The van der Waals surface area contributed by atoms with Crippen molar-refractivity contribution in [1.29, 1.82) is 5.26 Å². The minimum Gasteiger partial charge on any atom is -0.366 e. The molecule has 1 rings (SSSR count). The van der Waals surface area contributed by atoms with Gasteiger partial charge in [0, 0.05) is 3.57 Å². The molecule has 1 aromatic rings. The summed E-state index contributed by atoms with van der Waals surface area (Å²) in [5.41, 5.74) is 2.34. The van der Waals surface area contributed by atoms with Crippen LogP contribution >= 0.6 is 22.6 Å². The van der Waals surface area contributed by atoms with E-state index in [-0.39, 0.29) is 3.57 Å². The molecule has 0 saturated carbocycles. The number of nitriles is 1. The van der Waals surface area contributed by atoms with Crippen molar-refractivity contribution in [2.24, 2.45) is 5.73 Å². The van der Waals surface area contributed by atoms with Gasteiger partial charge in [0.1, 0.15) is 0 Å². The Morgan fingerprint density at radius 2 is 2.00 bits per heavy atom. The van der Waals surface area contributed by atoms with Crippen molar-refractivity contribution in [3.8, 4) is 6.07 Å². The van der Waals surface area contributed by atoms with Crippen LogP contribution in [-0.2, 0) is 6.18 Å². The van der Waals surface area contributed by atoms with Crippen molar-refractivity contribution in [1.82, 2.24) is 0 Å². The maximum absolute atomic E-state index is 12.7. The first-order valence-electron chi connectivity index (χ1n) is 3.88. The number of hydrogen-bond acceptors (Lipinski definition) is 2. The van der Waals surface area contributed by atoms with Gasteiger partial charge in [-0.2, -0.15) is 18.4 Å². The van der Waals surface area contributed by atoms with E-state index in [2.05, 4.69) is 0 Å². The minimum atomic E-state index is -4.78. The lowest BCUT2D eigenvalue weighted by Gasteiger charge is -2.13. The lowest BCUT2D eigenvalue weighted by atomic mass is 10.0. The number of carbonyl (C=O) groups excluding carboxylic acids is 1. The van der Waals surface area contributed by atoms with E-state index in [0.29, 0.717) is 0 Å². The highest BCUT2D eigenvalue weighted by Gasteiger charge is 2.38. The zero-order chi connectivity index (χ0) is 12.5. The Morgan fingerprint density at radius 1 is 1.44 bits per heavy atom. The monoisotopic (exact) mass is 340 g/mol. The van der Waals surface area contributed by atoms with Gasteiger partial charge in [-0.15, -0.1) is 0 Å². The number of rotatable bonds is 1. The normalized spacial score (nSPS) is 10.9. The summed E-state index contributed by atoms with van der Waals surface area (Å²) in [4.78, 5) is 11.0.